The van der Waals surface area contributed by atoms with Crippen molar-refractivity contribution in [2.75, 3.05) is 6.61 Å². The molecule has 1 aliphatic carbocycles. The fraction of sp³-hybridized carbons (Fsp3) is 0.474. The molecule has 1 aliphatic rings. The fourth-order valence-electron chi connectivity index (χ4n) is 3.07. The van der Waals surface area contributed by atoms with Crippen LogP contribution in [0.3, 0.4) is 0 Å². The summed E-state index contributed by atoms with van der Waals surface area (Å²) in [5.41, 5.74) is -0.322. The summed E-state index contributed by atoms with van der Waals surface area (Å²) in [5, 5.41) is 0. The Balaban J connectivity index is 2.55. The van der Waals surface area contributed by atoms with E-state index < -0.39 is 53.3 Å². The Hall–Kier alpha value is -2.36. The molecule has 1 aromatic carbocycles. The van der Waals surface area contributed by atoms with E-state index in [2.05, 4.69) is 11.8 Å². The topological polar surface area (TPSA) is 43.4 Å². The summed E-state index contributed by atoms with van der Waals surface area (Å²) in [5.74, 6) is 0.757. The van der Waals surface area contributed by atoms with Crippen LogP contribution in [0.2, 0.25) is 0 Å². The smallest absolute Gasteiger partial charge is 0.422 e. The molecular weight excluding hydrogens is 352 g/mol. The molecular formula is C19H18F4O3. The van der Waals surface area contributed by atoms with E-state index >= 15 is 0 Å². The predicted molar refractivity (Wildman–Crippen MR) is 86.3 cm³/mol. The summed E-state index contributed by atoms with van der Waals surface area (Å²) in [7, 11) is 0. The first-order chi connectivity index (χ1) is 12.2. The van der Waals surface area contributed by atoms with Crippen LogP contribution in [-0.2, 0) is 9.59 Å². The van der Waals surface area contributed by atoms with Gasteiger partial charge in [0, 0.05) is 23.5 Å². The summed E-state index contributed by atoms with van der Waals surface area (Å²) in [6, 6.07) is 2.14. The summed E-state index contributed by atoms with van der Waals surface area (Å²) < 4.78 is 57.1. The summed E-state index contributed by atoms with van der Waals surface area (Å²) in [6.07, 6.45) is -3.73. The van der Waals surface area contributed by atoms with Gasteiger partial charge in [0.25, 0.3) is 0 Å². The van der Waals surface area contributed by atoms with Crippen LogP contribution >= 0.6 is 0 Å². The van der Waals surface area contributed by atoms with Gasteiger partial charge in [-0.15, -0.1) is 5.92 Å². The van der Waals surface area contributed by atoms with Gasteiger partial charge in [-0.25, -0.2) is 4.39 Å². The highest BCUT2D eigenvalue weighted by Gasteiger charge is 2.41. The normalized spacial score (nSPS) is 20.5. The SMILES string of the molecule is CC#Cc1cc(F)c(C2C(=O)CCC(CC)C2=O)c(OCC(F)(F)F)c1. The molecule has 0 saturated heterocycles. The first-order valence-corrected chi connectivity index (χ1v) is 8.20. The molecule has 1 fully saturated rings. The first-order valence-electron chi connectivity index (χ1n) is 8.20. The number of hydrogen-bond acceptors (Lipinski definition) is 3. The molecule has 0 aromatic heterocycles. The first kappa shape index (κ1) is 20.0. The van der Waals surface area contributed by atoms with Crippen LogP contribution in [0.4, 0.5) is 17.6 Å². The minimum absolute atomic E-state index is 0.0730. The van der Waals surface area contributed by atoms with E-state index in [1.807, 2.05) is 0 Å². The second-order valence-electron chi connectivity index (χ2n) is 6.09. The molecule has 140 valence electrons. The highest BCUT2D eigenvalue weighted by Crippen LogP contribution is 2.39. The second kappa shape index (κ2) is 7.90. The third-order valence-corrected chi connectivity index (χ3v) is 4.28. The Labute approximate surface area is 148 Å². The van der Waals surface area contributed by atoms with Crippen LogP contribution in [-0.4, -0.2) is 24.3 Å². The Bertz CT molecular complexity index is 771. The molecule has 0 aliphatic heterocycles. The average molecular weight is 370 g/mol. The minimum Gasteiger partial charge on any atom is -0.484 e. The number of hydrogen-bond donors (Lipinski definition) is 0. The Kier molecular flexibility index (Phi) is 6.06. The van der Waals surface area contributed by atoms with Crippen LogP contribution in [0.5, 0.6) is 5.75 Å². The van der Waals surface area contributed by atoms with Crippen molar-refractivity contribution in [1.29, 1.82) is 0 Å². The van der Waals surface area contributed by atoms with Gasteiger partial charge in [-0.2, -0.15) is 13.2 Å². The molecule has 2 rings (SSSR count). The van der Waals surface area contributed by atoms with Crippen molar-refractivity contribution in [3.63, 3.8) is 0 Å². The number of carbonyl (C=O) groups is 2. The van der Waals surface area contributed by atoms with E-state index in [-0.39, 0.29) is 12.0 Å². The van der Waals surface area contributed by atoms with Gasteiger partial charge in [-0.3, -0.25) is 9.59 Å². The van der Waals surface area contributed by atoms with Gasteiger partial charge in [0.05, 0.1) is 0 Å². The van der Waals surface area contributed by atoms with Gasteiger partial charge in [0.1, 0.15) is 23.3 Å². The summed E-state index contributed by atoms with van der Waals surface area (Å²) >= 11 is 0. The lowest BCUT2D eigenvalue weighted by Gasteiger charge is -2.28. The Morgan fingerprint density at radius 2 is 1.96 bits per heavy atom. The van der Waals surface area contributed by atoms with E-state index in [4.69, 9.17) is 4.74 Å². The van der Waals surface area contributed by atoms with Crippen molar-refractivity contribution in [3.05, 3.63) is 29.1 Å². The third kappa shape index (κ3) is 4.43. The van der Waals surface area contributed by atoms with Gasteiger partial charge < -0.3 is 4.74 Å². The van der Waals surface area contributed by atoms with Gasteiger partial charge in [-0.1, -0.05) is 12.8 Å². The van der Waals surface area contributed by atoms with E-state index in [0.29, 0.717) is 12.8 Å². The van der Waals surface area contributed by atoms with Crippen LogP contribution in [0, 0.1) is 23.6 Å². The molecule has 0 amide bonds. The highest BCUT2D eigenvalue weighted by atomic mass is 19.4. The number of rotatable bonds is 4. The fourth-order valence-corrected chi connectivity index (χ4v) is 3.07. The molecule has 26 heavy (non-hydrogen) atoms. The molecule has 0 N–H and O–H groups in total. The zero-order valence-electron chi connectivity index (χ0n) is 14.4. The quantitative estimate of drug-likeness (QED) is 0.454. The number of carbonyl (C=O) groups excluding carboxylic acids is 2. The van der Waals surface area contributed by atoms with E-state index in [9.17, 15) is 27.2 Å². The molecule has 1 aromatic rings. The molecule has 2 unspecified atom stereocenters. The van der Waals surface area contributed by atoms with Crippen molar-refractivity contribution in [1.82, 2.24) is 0 Å². The lowest BCUT2D eigenvalue weighted by atomic mass is 9.74. The van der Waals surface area contributed by atoms with E-state index in [0.717, 1.165) is 12.1 Å². The lowest BCUT2D eigenvalue weighted by Crippen LogP contribution is -2.34. The van der Waals surface area contributed by atoms with Gasteiger partial charge in [0.15, 0.2) is 12.4 Å². The minimum atomic E-state index is -4.65. The molecule has 3 nitrogen and oxygen atoms in total. The summed E-state index contributed by atoms with van der Waals surface area (Å²) in [6.45, 7) is 1.60. The molecule has 0 spiro atoms. The summed E-state index contributed by atoms with van der Waals surface area (Å²) in [4.78, 5) is 24.9. The molecule has 0 radical (unpaired) electrons. The van der Waals surface area contributed by atoms with Crippen molar-refractivity contribution >= 4 is 11.6 Å². The van der Waals surface area contributed by atoms with Gasteiger partial charge in [0.2, 0.25) is 0 Å². The average Bonchev–Trinajstić information content (AvgIpc) is 2.54. The molecule has 2 atom stereocenters. The number of benzene rings is 1. The monoisotopic (exact) mass is 370 g/mol. The maximum absolute atomic E-state index is 14.7. The Morgan fingerprint density at radius 3 is 2.54 bits per heavy atom. The van der Waals surface area contributed by atoms with Crippen molar-refractivity contribution in [3.8, 4) is 17.6 Å². The van der Waals surface area contributed by atoms with Gasteiger partial charge in [-0.05, 0) is 31.9 Å². The van der Waals surface area contributed by atoms with Gasteiger partial charge >= 0.3 is 6.18 Å². The van der Waals surface area contributed by atoms with Crippen molar-refractivity contribution in [2.24, 2.45) is 5.92 Å². The lowest BCUT2D eigenvalue weighted by molar-refractivity contribution is -0.153. The second-order valence-corrected chi connectivity index (χ2v) is 6.09. The molecule has 0 heterocycles. The standard InChI is InChI=1S/C19H18F4O3/c1-3-5-11-8-13(20)16(15(9-11)26-10-19(21,22)23)17-14(24)7-6-12(4-2)18(17)25/h8-9,12,17H,4,6-7,10H2,1-2H3. The van der Waals surface area contributed by atoms with Crippen LogP contribution in [0.25, 0.3) is 0 Å². The third-order valence-electron chi connectivity index (χ3n) is 4.28. The van der Waals surface area contributed by atoms with Crippen molar-refractivity contribution < 1.29 is 31.9 Å². The number of ether oxygens (including phenoxy) is 1. The number of ketones is 2. The molecule has 0 bridgehead atoms. The van der Waals surface area contributed by atoms with Crippen molar-refractivity contribution in [2.45, 2.75) is 45.2 Å². The number of halogens is 4. The molecule has 1 saturated carbocycles. The van der Waals surface area contributed by atoms with E-state index in [1.54, 1.807) is 6.92 Å². The van der Waals surface area contributed by atoms with Crippen LogP contribution < -0.4 is 4.74 Å². The zero-order chi connectivity index (χ0) is 19.5. The van der Waals surface area contributed by atoms with E-state index in [1.165, 1.54) is 6.92 Å². The zero-order valence-corrected chi connectivity index (χ0v) is 14.4. The highest BCUT2D eigenvalue weighted by molar-refractivity contribution is 6.10. The van der Waals surface area contributed by atoms with Crippen LogP contribution in [0.1, 0.15) is 50.2 Å². The predicted octanol–water partition coefficient (Wildman–Crippen LogP) is 4.18. The largest absolute Gasteiger partial charge is 0.484 e. The maximum Gasteiger partial charge on any atom is 0.422 e. The van der Waals surface area contributed by atoms with Crippen LogP contribution in [0.15, 0.2) is 12.1 Å². The number of alkyl halides is 3. The maximum atomic E-state index is 14.7. The molecule has 7 heteroatoms. The number of Topliss-reactive ketones (excluding diaryl/α,β-unsaturated/α-hetero) is 2. The Morgan fingerprint density at radius 1 is 1.27 bits per heavy atom.